The largest absolute Gasteiger partial charge is 1.00 e. The maximum atomic E-state index is 12.7. The molecule has 0 aliphatic rings. The number of carbonyl (C=O) groups excluding carboxylic acids is 1. The number of carbonyl (C=O) groups is 1. The van der Waals surface area contributed by atoms with Gasteiger partial charge >= 0.3 is 12.4 Å². The molecule has 0 saturated carbocycles. The van der Waals surface area contributed by atoms with Crippen molar-refractivity contribution in [2.24, 2.45) is 0 Å². The number of hydrogen-bond acceptors (Lipinski definition) is 1. The second-order valence-electron chi connectivity index (χ2n) is 5.37. The van der Waals surface area contributed by atoms with Gasteiger partial charge in [0.2, 0.25) is 0 Å². The molecule has 12 heteroatoms. The van der Waals surface area contributed by atoms with Crippen LogP contribution in [-0.4, -0.2) is 25.0 Å². The zero-order chi connectivity index (χ0) is 18.5. The number of quaternary nitrogens is 2. The van der Waals surface area contributed by atoms with E-state index in [-0.39, 0.29) is 43.5 Å². The third-order valence-electron chi connectivity index (χ3n) is 3.26. The van der Waals surface area contributed by atoms with Crippen LogP contribution in [-0.2, 0) is 12.4 Å². The van der Waals surface area contributed by atoms with Gasteiger partial charge in [-0.15, -0.1) is 0 Å². The van der Waals surface area contributed by atoms with E-state index in [0.29, 0.717) is 25.1 Å². The first-order valence-corrected chi connectivity index (χ1v) is 7.15. The Balaban J connectivity index is 0. The summed E-state index contributed by atoms with van der Waals surface area (Å²) in [6.45, 7) is 0.721. The van der Waals surface area contributed by atoms with Crippen LogP contribution in [0.1, 0.15) is 34.3 Å². The van der Waals surface area contributed by atoms with Crippen molar-refractivity contribution in [1.29, 1.82) is 0 Å². The molecule has 4 nitrogen and oxygen atoms in total. The molecular formula is C14H19Cl2F6N3O. The number of benzene rings is 1. The summed E-state index contributed by atoms with van der Waals surface area (Å²) < 4.78 is 76.4. The van der Waals surface area contributed by atoms with Crippen LogP contribution in [0.3, 0.4) is 0 Å². The van der Waals surface area contributed by atoms with Crippen molar-refractivity contribution >= 4 is 5.91 Å². The van der Waals surface area contributed by atoms with Gasteiger partial charge in [0, 0.05) is 18.4 Å². The standard InChI is InChI=1S/C14H17F6N3O.2ClH/c15-13(16,17)9-4-8(5-10(6-9)14(18,19)20)12(24)23-7-11(22)2-1-3-21;;/h4-6,11H,1-3,7,21-22H2,(H,23,24);2*1H/t11-;;/m0../s1. The summed E-state index contributed by atoms with van der Waals surface area (Å²) >= 11 is 0. The summed E-state index contributed by atoms with van der Waals surface area (Å²) in [5.41, 5.74) is 3.65. The quantitative estimate of drug-likeness (QED) is 0.389. The van der Waals surface area contributed by atoms with Crippen LogP contribution in [0.5, 0.6) is 0 Å². The van der Waals surface area contributed by atoms with E-state index in [1.165, 1.54) is 0 Å². The lowest BCUT2D eigenvalue weighted by atomic mass is 10.0. The summed E-state index contributed by atoms with van der Waals surface area (Å²) in [5.74, 6) is -1.00. The average Bonchev–Trinajstić information content (AvgIpc) is 2.48. The van der Waals surface area contributed by atoms with Gasteiger partial charge < -0.3 is 41.6 Å². The lowest BCUT2D eigenvalue weighted by Gasteiger charge is -2.14. The highest BCUT2D eigenvalue weighted by molar-refractivity contribution is 5.94. The zero-order valence-electron chi connectivity index (χ0n) is 13.5. The molecule has 0 fully saturated rings. The molecular weight excluding hydrogens is 411 g/mol. The van der Waals surface area contributed by atoms with Crippen LogP contribution in [0.4, 0.5) is 26.3 Å². The van der Waals surface area contributed by atoms with Gasteiger partial charge in [0.25, 0.3) is 5.91 Å². The fourth-order valence-corrected chi connectivity index (χ4v) is 1.96. The van der Waals surface area contributed by atoms with Gasteiger partial charge in [-0.3, -0.25) is 4.79 Å². The normalized spacial score (nSPS) is 12.6. The Labute approximate surface area is 158 Å². The lowest BCUT2D eigenvalue weighted by molar-refractivity contribution is -0.423. The Morgan fingerprint density at radius 3 is 1.85 bits per heavy atom. The van der Waals surface area contributed by atoms with E-state index < -0.39 is 35.0 Å². The lowest BCUT2D eigenvalue weighted by Crippen LogP contribution is -3.00. The second kappa shape index (κ2) is 10.8. The Bertz CT molecular complexity index is 549. The van der Waals surface area contributed by atoms with Crippen molar-refractivity contribution in [2.45, 2.75) is 31.2 Å². The Morgan fingerprint density at radius 2 is 1.46 bits per heavy atom. The van der Waals surface area contributed by atoms with Gasteiger partial charge in [-0.1, -0.05) is 0 Å². The van der Waals surface area contributed by atoms with E-state index in [1.54, 1.807) is 0 Å². The third kappa shape index (κ3) is 8.43. The van der Waals surface area contributed by atoms with E-state index >= 15 is 0 Å². The highest BCUT2D eigenvalue weighted by atomic mass is 35.5. The molecule has 1 atom stereocenters. The van der Waals surface area contributed by atoms with Crippen LogP contribution in [0.15, 0.2) is 18.2 Å². The Hall–Kier alpha value is -1.23. The maximum Gasteiger partial charge on any atom is 0.416 e. The SMILES string of the molecule is [Cl-].[Cl-].[NH3+]CCC[C@H]([NH3+])CNC(=O)c1cc(C(F)(F)F)cc(C(F)(F)F)c1. The third-order valence-corrected chi connectivity index (χ3v) is 3.26. The highest BCUT2D eigenvalue weighted by Gasteiger charge is 2.37. The van der Waals surface area contributed by atoms with Gasteiger partial charge in [-0.25, -0.2) is 0 Å². The van der Waals surface area contributed by atoms with Crippen molar-refractivity contribution < 1.29 is 67.4 Å². The minimum Gasteiger partial charge on any atom is -1.00 e. The first-order valence-electron chi connectivity index (χ1n) is 7.15. The molecule has 0 radical (unpaired) electrons. The van der Waals surface area contributed by atoms with Crippen molar-refractivity contribution in [1.82, 2.24) is 5.32 Å². The molecule has 0 spiro atoms. The molecule has 1 amide bonds. The van der Waals surface area contributed by atoms with Crippen molar-refractivity contribution in [2.75, 3.05) is 13.1 Å². The Morgan fingerprint density at radius 1 is 1.00 bits per heavy atom. The molecule has 0 bridgehead atoms. The molecule has 0 aromatic heterocycles. The number of alkyl halides is 6. The fourth-order valence-electron chi connectivity index (χ4n) is 1.96. The smallest absolute Gasteiger partial charge is 0.416 e. The predicted molar refractivity (Wildman–Crippen MR) is 72.4 cm³/mol. The summed E-state index contributed by atoms with van der Waals surface area (Å²) in [7, 11) is 0. The summed E-state index contributed by atoms with van der Waals surface area (Å²) in [5, 5.41) is 2.31. The average molecular weight is 430 g/mol. The first kappa shape index (κ1) is 27.0. The van der Waals surface area contributed by atoms with E-state index in [0.717, 1.165) is 6.42 Å². The summed E-state index contributed by atoms with van der Waals surface area (Å²) in [6.07, 6.45) is -8.58. The molecule has 26 heavy (non-hydrogen) atoms. The fraction of sp³-hybridized carbons (Fsp3) is 0.500. The minimum absolute atomic E-state index is 0. The van der Waals surface area contributed by atoms with E-state index in [1.807, 2.05) is 0 Å². The molecule has 0 heterocycles. The number of rotatable bonds is 6. The van der Waals surface area contributed by atoms with Gasteiger partial charge in [0.1, 0.15) is 6.04 Å². The molecule has 0 unspecified atom stereocenters. The van der Waals surface area contributed by atoms with Crippen LogP contribution in [0, 0.1) is 0 Å². The molecule has 1 aromatic carbocycles. The second-order valence-corrected chi connectivity index (χ2v) is 5.37. The molecule has 7 N–H and O–H groups in total. The van der Waals surface area contributed by atoms with Crippen LogP contribution in [0.25, 0.3) is 0 Å². The topological polar surface area (TPSA) is 84.4 Å². The van der Waals surface area contributed by atoms with Gasteiger partial charge in [0.05, 0.1) is 24.2 Å². The minimum atomic E-state index is -4.99. The molecule has 1 rings (SSSR count). The number of amides is 1. The number of halogens is 8. The summed E-state index contributed by atoms with van der Waals surface area (Å²) in [4.78, 5) is 11.9. The maximum absolute atomic E-state index is 12.7. The molecule has 0 saturated heterocycles. The molecule has 152 valence electrons. The zero-order valence-corrected chi connectivity index (χ0v) is 15.0. The predicted octanol–water partition coefficient (Wildman–Crippen LogP) is -4.91. The molecule has 0 aliphatic heterocycles. The van der Waals surface area contributed by atoms with E-state index in [4.69, 9.17) is 0 Å². The van der Waals surface area contributed by atoms with Crippen molar-refractivity contribution in [3.63, 3.8) is 0 Å². The van der Waals surface area contributed by atoms with Crippen molar-refractivity contribution in [3.05, 3.63) is 34.9 Å². The van der Waals surface area contributed by atoms with Crippen LogP contribution >= 0.6 is 0 Å². The summed E-state index contributed by atoms with van der Waals surface area (Å²) in [6, 6.07) is 0.579. The number of hydrogen-bond donors (Lipinski definition) is 3. The highest BCUT2D eigenvalue weighted by Crippen LogP contribution is 2.36. The van der Waals surface area contributed by atoms with Gasteiger partial charge in [0.15, 0.2) is 0 Å². The molecule has 1 aromatic rings. The van der Waals surface area contributed by atoms with E-state index in [2.05, 4.69) is 16.8 Å². The van der Waals surface area contributed by atoms with Crippen LogP contribution < -0.4 is 41.6 Å². The molecule has 0 aliphatic carbocycles. The van der Waals surface area contributed by atoms with E-state index in [9.17, 15) is 31.1 Å². The monoisotopic (exact) mass is 429 g/mol. The number of nitrogens with one attached hydrogen (secondary N) is 1. The van der Waals surface area contributed by atoms with Crippen LogP contribution in [0.2, 0.25) is 0 Å². The van der Waals surface area contributed by atoms with Gasteiger partial charge in [-0.05, 0) is 18.2 Å². The van der Waals surface area contributed by atoms with Gasteiger partial charge in [-0.2, -0.15) is 26.3 Å². The van der Waals surface area contributed by atoms with Crippen molar-refractivity contribution in [3.8, 4) is 0 Å². The Kier molecular flexibility index (Phi) is 11.2. The first-order chi connectivity index (χ1) is 10.9.